The summed E-state index contributed by atoms with van der Waals surface area (Å²) in [6.07, 6.45) is 3.12. The van der Waals surface area contributed by atoms with Crippen molar-refractivity contribution in [3.8, 4) is 0 Å². The fourth-order valence-electron chi connectivity index (χ4n) is 2.84. The van der Waals surface area contributed by atoms with Crippen molar-refractivity contribution in [2.45, 2.75) is 18.8 Å². The van der Waals surface area contributed by atoms with Crippen molar-refractivity contribution < 1.29 is 8.42 Å². The quantitative estimate of drug-likeness (QED) is 0.848. The number of piperidine rings is 1. The van der Waals surface area contributed by atoms with E-state index in [1.165, 1.54) is 8.61 Å². The van der Waals surface area contributed by atoms with E-state index in [1.54, 1.807) is 20.3 Å². The monoisotopic (exact) mass is 354 g/mol. The van der Waals surface area contributed by atoms with E-state index in [2.05, 4.69) is 9.97 Å². The zero-order valence-corrected chi connectivity index (χ0v) is 14.7. The number of pyridine rings is 2. The van der Waals surface area contributed by atoms with Crippen molar-refractivity contribution in [1.82, 2.24) is 18.6 Å². The predicted molar refractivity (Wildman–Crippen MR) is 90.7 cm³/mol. The highest BCUT2D eigenvalue weighted by atomic mass is 35.5. The van der Waals surface area contributed by atoms with Crippen molar-refractivity contribution >= 4 is 32.8 Å². The molecule has 0 saturated carbocycles. The standard InChI is InChI=1S/C15H19ClN4O2S/c1-19(2)23(21,22)20-7-5-11(6-8-20)14-4-3-12-9-13(16)10-17-15(12)18-14/h3-4,9-11H,5-8H2,1-2H3. The van der Waals surface area contributed by atoms with Crippen LogP contribution in [0.25, 0.3) is 11.0 Å². The summed E-state index contributed by atoms with van der Waals surface area (Å²) in [5, 5.41) is 1.50. The van der Waals surface area contributed by atoms with Gasteiger partial charge in [0.1, 0.15) is 0 Å². The molecular formula is C15H19ClN4O2S. The lowest BCUT2D eigenvalue weighted by atomic mass is 9.94. The molecule has 0 bridgehead atoms. The molecule has 0 N–H and O–H groups in total. The van der Waals surface area contributed by atoms with Crippen LogP contribution < -0.4 is 0 Å². The first-order valence-corrected chi connectivity index (χ1v) is 9.25. The van der Waals surface area contributed by atoms with Crippen molar-refractivity contribution in [2.24, 2.45) is 0 Å². The number of rotatable bonds is 3. The number of fused-ring (bicyclic) bond motifs is 1. The van der Waals surface area contributed by atoms with Crippen LogP contribution in [0.2, 0.25) is 5.02 Å². The van der Waals surface area contributed by atoms with Crippen LogP contribution in [-0.4, -0.2) is 54.2 Å². The Hall–Kier alpha value is -1.28. The van der Waals surface area contributed by atoms with Crippen LogP contribution >= 0.6 is 11.6 Å². The normalized spacial score (nSPS) is 17.9. The summed E-state index contributed by atoms with van der Waals surface area (Å²) >= 11 is 5.93. The second kappa shape index (κ2) is 6.32. The molecule has 0 atom stereocenters. The molecule has 3 heterocycles. The minimum absolute atomic E-state index is 0.255. The van der Waals surface area contributed by atoms with E-state index < -0.39 is 10.2 Å². The van der Waals surface area contributed by atoms with E-state index >= 15 is 0 Å². The number of halogens is 1. The van der Waals surface area contributed by atoms with Crippen LogP contribution in [0.15, 0.2) is 24.4 Å². The smallest absolute Gasteiger partial charge is 0.235 e. The van der Waals surface area contributed by atoms with Crippen molar-refractivity contribution in [3.63, 3.8) is 0 Å². The molecule has 124 valence electrons. The van der Waals surface area contributed by atoms with Crippen LogP contribution in [0.1, 0.15) is 24.5 Å². The van der Waals surface area contributed by atoms with Gasteiger partial charge in [-0.25, -0.2) is 9.97 Å². The van der Waals surface area contributed by atoms with E-state index in [1.807, 2.05) is 18.2 Å². The lowest BCUT2D eigenvalue weighted by molar-refractivity contribution is 0.300. The SMILES string of the molecule is CN(C)S(=O)(=O)N1CCC(c2ccc3cc(Cl)cnc3n2)CC1. The van der Waals surface area contributed by atoms with E-state index in [-0.39, 0.29) is 5.92 Å². The number of hydrogen-bond donors (Lipinski definition) is 0. The largest absolute Gasteiger partial charge is 0.281 e. The summed E-state index contributed by atoms with van der Waals surface area (Å²) in [5.74, 6) is 0.255. The molecule has 1 aliphatic heterocycles. The molecule has 0 unspecified atom stereocenters. The second-order valence-electron chi connectivity index (χ2n) is 5.90. The maximum atomic E-state index is 12.1. The maximum absolute atomic E-state index is 12.1. The predicted octanol–water partition coefficient (Wildman–Crippen LogP) is 2.27. The highest BCUT2D eigenvalue weighted by Gasteiger charge is 2.30. The molecule has 0 aliphatic carbocycles. The third-order valence-electron chi connectivity index (χ3n) is 4.19. The number of hydrogen-bond acceptors (Lipinski definition) is 4. The molecule has 6 nitrogen and oxygen atoms in total. The first kappa shape index (κ1) is 16.6. The Labute approximate surface area is 141 Å². The molecule has 2 aromatic rings. The van der Waals surface area contributed by atoms with Crippen molar-refractivity contribution in [1.29, 1.82) is 0 Å². The highest BCUT2D eigenvalue weighted by molar-refractivity contribution is 7.86. The summed E-state index contributed by atoms with van der Waals surface area (Å²) in [6.45, 7) is 1.03. The van der Waals surface area contributed by atoms with Gasteiger partial charge in [0.25, 0.3) is 10.2 Å². The lowest BCUT2D eigenvalue weighted by Crippen LogP contribution is -2.44. The summed E-state index contributed by atoms with van der Waals surface area (Å²) < 4.78 is 27.1. The fraction of sp³-hybridized carbons (Fsp3) is 0.467. The first-order valence-electron chi connectivity index (χ1n) is 7.48. The Kier molecular flexibility index (Phi) is 4.55. The van der Waals surface area contributed by atoms with E-state index in [0.717, 1.165) is 23.9 Å². The minimum Gasteiger partial charge on any atom is -0.235 e. The average molecular weight is 355 g/mol. The first-order chi connectivity index (χ1) is 10.9. The number of aromatic nitrogens is 2. The second-order valence-corrected chi connectivity index (χ2v) is 8.48. The zero-order valence-electron chi connectivity index (χ0n) is 13.1. The van der Waals surface area contributed by atoms with Gasteiger partial charge in [-0.2, -0.15) is 17.0 Å². The Morgan fingerprint density at radius 1 is 1.26 bits per heavy atom. The van der Waals surface area contributed by atoms with Crippen LogP contribution in [0.3, 0.4) is 0 Å². The molecule has 1 fully saturated rings. The maximum Gasteiger partial charge on any atom is 0.281 e. The van der Waals surface area contributed by atoms with Gasteiger partial charge in [-0.1, -0.05) is 11.6 Å². The topological polar surface area (TPSA) is 66.4 Å². The molecule has 0 radical (unpaired) electrons. The van der Waals surface area contributed by atoms with E-state index in [4.69, 9.17) is 11.6 Å². The molecule has 3 rings (SSSR count). The van der Waals surface area contributed by atoms with Crippen LogP contribution in [0, 0.1) is 0 Å². The van der Waals surface area contributed by atoms with Gasteiger partial charge in [0.2, 0.25) is 0 Å². The third kappa shape index (κ3) is 3.33. The zero-order chi connectivity index (χ0) is 16.6. The van der Waals surface area contributed by atoms with Crippen molar-refractivity contribution in [2.75, 3.05) is 27.2 Å². The molecular weight excluding hydrogens is 336 g/mol. The van der Waals surface area contributed by atoms with Crippen LogP contribution in [0.4, 0.5) is 0 Å². The lowest BCUT2D eigenvalue weighted by Gasteiger charge is -2.32. The fourth-order valence-corrected chi connectivity index (χ4v) is 4.14. The van der Waals surface area contributed by atoms with E-state index in [9.17, 15) is 8.42 Å². The van der Waals surface area contributed by atoms with Gasteiger partial charge in [0.05, 0.1) is 5.02 Å². The van der Waals surface area contributed by atoms with Gasteiger partial charge in [-0.15, -0.1) is 0 Å². The molecule has 0 aromatic carbocycles. The molecule has 23 heavy (non-hydrogen) atoms. The molecule has 1 aliphatic rings. The Morgan fingerprint density at radius 2 is 1.96 bits per heavy atom. The van der Waals surface area contributed by atoms with E-state index in [0.29, 0.717) is 23.8 Å². The van der Waals surface area contributed by atoms with Gasteiger partial charge < -0.3 is 0 Å². The molecule has 0 spiro atoms. The Bertz CT molecular complexity index is 817. The molecule has 2 aromatic heterocycles. The van der Waals surface area contributed by atoms with Gasteiger partial charge in [0.15, 0.2) is 5.65 Å². The summed E-state index contributed by atoms with van der Waals surface area (Å²) in [4.78, 5) is 8.87. The van der Waals surface area contributed by atoms with Gasteiger partial charge in [0, 0.05) is 50.4 Å². The Morgan fingerprint density at radius 3 is 2.61 bits per heavy atom. The minimum atomic E-state index is -3.33. The summed E-state index contributed by atoms with van der Waals surface area (Å²) in [5.41, 5.74) is 1.64. The summed E-state index contributed by atoms with van der Waals surface area (Å²) in [7, 11) is -0.208. The Balaban J connectivity index is 1.76. The molecule has 1 saturated heterocycles. The van der Waals surface area contributed by atoms with Gasteiger partial charge in [-0.3, -0.25) is 0 Å². The van der Waals surface area contributed by atoms with Gasteiger partial charge in [-0.05, 0) is 31.0 Å². The highest BCUT2D eigenvalue weighted by Crippen LogP contribution is 2.29. The third-order valence-corrected chi connectivity index (χ3v) is 6.34. The van der Waals surface area contributed by atoms with Crippen molar-refractivity contribution in [3.05, 3.63) is 35.1 Å². The van der Waals surface area contributed by atoms with Gasteiger partial charge >= 0.3 is 0 Å². The van der Waals surface area contributed by atoms with Crippen LogP contribution in [-0.2, 0) is 10.2 Å². The molecule has 0 amide bonds. The molecule has 8 heteroatoms. The number of nitrogens with zero attached hydrogens (tertiary/aromatic N) is 4. The average Bonchev–Trinajstić information content (AvgIpc) is 2.54. The summed E-state index contributed by atoms with van der Waals surface area (Å²) in [6, 6.07) is 5.80. The van der Waals surface area contributed by atoms with Crippen LogP contribution in [0.5, 0.6) is 0 Å².